The van der Waals surface area contributed by atoms with Gasteiger partial charge in [0.1, 0.15) is 5.60 Å². The van der Waals surface area contributed by atoms with Gasteiger partial charge in [-0.05, 0) is 65.8 Å². The SMILES string of the molecule is CC(CCCC(F)(F)F)NCC1CCCN(C(=O)OC(C)(C)C)C1. The molecule has 7 heteroatoms. The zero-order valence-corrected chi connectivity index (χ0v) is 15.2. The lowest BCUT2D eigenvalue weighted by atomic mass is 9.97. The Labute approximate surface area is 143 Å². The van der Waals surface area contributed by atoms with Crippen LogP contribution in [0.2, 0.25) is 0 Å². The van der Waals surface area contributed by atoms with E-state index in [9.17, 15) is 18.0 Å². The van der Waals surface area contributed by atoms with Crippen LogP contribution in [0.1, 0.15) is 59.8 Å². The summed E-state index contributed by atoms with van der Waals surface area (Å²) in [4.78, 5) is 13.8. The molecule has 1 fully saturated rings. The van der Waals surface area contributed by atoms with Gasteiger partial charge in [-0.15, -0.1) is 0 Å². The molecule has 2 atom stereocenters. The van der Waals surface area contributed by atoms with E-state index in [0.717, 1.165) is 12.8 Å². The standard InChI is InChI=1S/C17H31F3N2O2/c1-13(7-5-9-17(18,19)20)21-11-14-8-6-10-22(12-14)15(23)24-16(2,3)4/h13-14,21H,5-12H2,1-4H3. The Morgan fingerprint density at radius 1 is 1.33 bits per heavy atom. The first kappa shape index (κ1) is 21.1. The van der Waals surface area contributed by atoms with E-state index in [1.807, 2.05) is 27.7 Å². The predicted molar refractivity (Wildman–Crippen MR) is 87.9 cm³/mol. The number of amides is 1. The molecule has 1 aliphatic heterocycles. The Bertz CT molecular complexity index is 394. The molecular weight excluding hydrogens is 321 g/mol. The number of carbonyl (C=O) groups excluding carboxylic acids is 1. The largest absolute Gasteiger partial charge is 0.444 e. The van der Waals surface area contributed by atoms with Crippen LogP contribution in [0.25, 0.3) is 0 Å². The molecule has 0 aromatic rings. The molecule has 0 bridgehead atoms. The third kappa shape index (κ3) is 9.35. The van der Waals surface area contributed by atoms with Crippen LogP contribution in [-0.4, -0.2) is 48.4 Å². The van der Waals surface area contributed by atoms with Crippen molar-refractivity contribution in [1.29, 1.82) is 0 Å². The van der Waals surface area contributed by atoms with Crippen molar-refractivity contribution in [3.8, 4) is 0 Å². The Morgan fingerprint density at radius 2 is 2.00 bits per heavy atom. The van der Waals surface area contributed by atoms with Crippen LogP contribution >= 0.6 is 0 Å². The summed E-state index contributed by atoms with van der Waals surface area (Å²) in [6.07, 6.45) is -2.50. The quantitative estimate of drug-likeness (QED) is 0.773. The van der Waals surface area contributed by atoms with Crippen molar-refractivity contribution >= 4 is 6.09 Å². The summed E-state index contributed by atoms with van der Waals surface area (Å²) in [5.41, 5.74) is -0.505. The van der Waals surface area contributed by atoms with E-state index < -0.39 is 18.2 Å². The smallest absolute Gasteiger partial charge is 0.410 e. The summed E-state index contributed by atoms with van der Waals surface area (Å²) in [5.74, 6) is 0.316. The first-order chi connectivity index (χ1) is 11.0. The number of likely N-dealkylation sites (tertiary alicyclic amines) is 1. The molecule has 2 unspecified atom stereocenters. The first-order valence-corrected chi connectivity index (χ1v) is 8.74. The molecule has 0 radical (unpaired) electrons. The maximum Gasteiger partial charge on any atom is 0.410 e. The Balaban J connectivity index is 2.29. The van der Waals surface area contributed by atoms with Gasteiger partial charge in [-0.2, -0.15) is 13.2 Å². The van der Waals surface area contributed by atoms with Crippen molar-refractivity contribution in [2.45, 2.75) is 77.6 Å². The average molecular weight is 352 g/mol. The first-order valence-electron chi connectivity index (χ1n) is 8.74. The number of carbonyl (C=O) groups is 1. The predicted octanol–water partition coefficient (Wildman–Crippen LogP) is 4.34. The van der Waals surface area contributed by atoms with Crippen molar-refractivity contribution in [2.24, 2.45) is 5.92 Å². The summed E-state index contributed by atoms with van der Waals surface area (Å²) in [6, 6.07) is 0.0456. The number of nitrogens with one attached hydrogen (secondary N) is 1. The third-order valence-electron chi connectivity index (χ3n) is 4.02. The van der Waals surface area contributed by atoms with E-state index in [4.69, 9.17) is 4.74 Å². The molecule has 24 heavy (non-hydrogen) atoms. The van der Waals surface area contributed by atoms with Crippen molar-refractivity contribution in [3.05, 3.63) is 0 Å². The van der Waals surface area contributed by atoms with Gasteiger partial charge in [0.15, 0.2) is 0 Å². The maximum absolute atomic E-state index is 12.1. The van der Waals surface area contributed by atoms with Crippen LogP contribution in [0.4, 0.5) is 18.0 Å². The molecular formula is C17H31F3N2O2. The monoisotopic (exact) mass is 352 g/mol. The minimum atomic E-state index is -4.07. The van der Waals surface area contributed by atoms with Gasteiger partial charge in [0, 0.05) is 25.6 Å². The number of piperidine rings is 1. The second-order valence-corrected chi connectivity index (χ2v) is 7.75. The topological polar surface area (TPSA) is 41.6 Å². The van der Waals surface area contributed by atoms with Crippen LogP contribution < -0.4 is 5.32 Å². The minimum absolute atomic E-state index is 0.0456. The molecule has 4 nitrogen and oxygen atoms in total. The van der Waals surface area contributed by atoms with Crippen LogP contribution in [0.3, 0.4) is 0 Å². The summed E-state index contributed by atoms with van der Waals surface area (Å²) < 4.78 is 41.8. The number of alkyl halides is 3. The van der Waals surface area contributed by atoms with Crippen LogP contribution in [0.5, 0.6) is 0 Å². The molecule has 0 saturated carbocycles. The van der Waals surface area contributed by atoms with Crippen molar-refractivity contribution in [1.82, 2.24) is 10.2 Å². The molecule has 1 N–H and O–H groups in total. The zero-order valence-electron chi connectivity index (χ0n) is 15.2. The molecule has 0 aromatic carbocycles. The van der Waals surface area contributed by atoms with Gasteiger partial charge in [0.05, 0.1) is 0 Å². The van der Waals surface area contributed by atoms with Gasteiger partial charge >= 0.3 is 12.3 Å². The molecule has 1 heterocycles. The molecule has 142 valence electrons. The fourth-order valence-electron chi connectivity index (χ4n) is 2.80. The second-order valence-electron chi connectivity index (χ2n) is 7.75. The van der Waals surface area contributed by atoms with E-state index >= 15 is 0 Å². The number of halogens is 3. The number of hydrogen-bond acceptors (Lipinski definition) is 3. The molecule has 0 aliphatic carbocycles. The average Bonchev–Trinajstić information content (AvgIpc) is 2.42. The van der Waals surface area contributed by atoms with Gasteiger partial charge < -0.3 is 15.0 Å². The zero-order chi connectivity index (χ0) is 18.4. The molecule has 0 aromatic heterocycles. The second kappa shape index (κ2) is 8.92. The summed E-state index contributed by atoms with van der Waals surface area (Å²) >= 11 is 0. The Kier molecular flexibility index (Phi) is 7.83. The lowest BCUT2D eigenvalue weighted by Crippen LogP contribution is -2.45. The maximum atomic E-state index is 12.1. The molecule has 0 spiro atoms. The third-order valence-corrected chi connectivity index (χ3v) is 4.02. The Hall–Kier alpha value is -0.980. The van der Waals surface area contributed by atoms with Crippen molar-refractivity contribution in [3.63, 3.8) is 0 Å². The van der Waals surface area contributed by atoms with E-state index in [2.05, 4.69) is 5.32 Å². The van der Waals surface area contributed by atoms with Crippen LogP contribution in [0, 0.1) is 5.92 Å². The van der Waals surface area contributed by atoms with Crippen molar-refractivity contribution < 1.29 is 22.7 Å². The Morgan fingerprint density at radius 3 is 2.58 bits per heavy atom. The van der Waals surface area contributed by atoms with Crippen molar-refractivity contribution in [2.75, 3.05) is 19.6 Å². The van der Waals surface area contributed by atoms with Gasteiger partial charge in [0.25, 0.3) is 0 Å². The summed E-state index contributed by atoms with van der Waals surface area (Å²) in [7, 11) is 0. The highest BCUT2D eigenvalue weighted by atomic mass is 19.4. The highest BCUT2D eigenvalue weighted by molar-refractivity contribution is 5.68. The lowest BCUT2D eigenvalue weighted by molar-refractivity contribution is -0.135. The highest BCUT2D eigenvalue weighted by Gasteiger charge is 2.28. The number of hydrogen-bond donors (Lipinski definition) is 1. The number of ether oxygens (including phenoxy) is 1. The van der Waals surface area contributed by atoms with Gasteiger partial charge in [-0.1, -0.05) is 0 Å². The summed E-state index contributed by atoms with van der Waals surface area (Å²) in [6.45, 7) is 9.49. The van der Waals surface area contributed by atoms with E-state index in [-0.39, 0.29) is 18.6 Å². The molecule has 1 saturated heterocycles. The lowest BCUT2D eigenvalue weighted by Gasteiger charge is -2.34. The van der Waals surface area contributed by atoms with E-state index in [1.165, 1.54) is 0 Å². The number of rotatable bonds is 6. The fraction of sp³-hybridized carbons (Fsp3) is 0.941. The molecule has 1 rings (SSSR count). The fourth-order valence-corrected chi connectivity index (χ4v) is 2.80. The van der Waals surface area contributed by atoms with Gasteiger partial charge in [0.2, 0.25) is 0 Å². The number of nitrogens with zero attached hydrogens (tertiary/aromatic N) is 1. The molecule has 1 amide bonds. The normalized spacial score (nSPS) is 20.8. The van der Waals surface area contributed by atoms with Crippen LogP contribution in [0.15, 0.2) is 0 Å². The van der Waals surface area contributed by atoms with Gasteiger partial charge in [-0.25, -0.2) is 4.79 Å². The van der Waals surface area contributed by atoms with Crippen LogP contribution in [-0.2, 0) is 4.74 Å². The highest BCUT2D eigenvalue weighted by Crippen LogP contribution is 2.23. The summed E-state index contributed by atoms with van der Waals surface area (Å²) in [5, 5.41) is 3.30. The van der Waals surface area contributed by atoms with Gasteiger partial charge in [-0.3, -0.25) is 0 Å². The molecule has 1 aliphatic rings. The van der Waals surface area contributed by atoms with E-state index in [1.54, 1.807) is 4.90 Å². The van der Waals surface area contributed by atoms with E-state index in [0.29, 0.717) is 32.0 Å². The minimum Gasteiger partial charge on any atom is -0.444 e.